The van der Waals surface area contributed by atoms with Crippen molar-refractivity contribution in [1.82, 2.24) is 4.90 Å². The zero-order valence-electron chi connectivity index (χ0n) is 24.4. The van der Waals surface area contributed by atoms with Crippen molar-refractivity contribution in [3.05, 3.63) is 80.7 Å². The van der Waals surface area contributed by atoms with Gasteiger partial charge >= 0.3 is 5.63 Å². The first kappa shape index (κ1) is 26.6. The number of methoxy groups -OCH3 is 4. The lowest BCUT2D eigenvalue weighted by Crippen LogP contribution is -2.19. The van der Waals surface area contributed by atoms with Crippen molar-refractivity contribution in [1.29, 1.82) is 0 Å². The number of hydrogen-bond acceptors (Lipinski definition) is 7. The molecule has 1 aliphatic heterocycles. The number of aryl methyl sites for hydroxylation is 2. The fourth-order valence-corrected chi connectivity index (χ4v) is 6.04. The van der Waals surface area contributed by atoms with E-state index in [1.807, 2.05) is 25.1 Å². The Morgan fingerprint density at radius 2 is 1.49 bits per heavy atom. The van der Waals surface area contributed by atoms with Crippen molar-refractivity contribution in [2.45, 2.75) is 20.3 Å². The van der Waals surface area contributed by atoms with E-state index in [-0.39, 0.29) is 5.63 Å². The molecular weight excluding hydrogens is 518 g/mol. The molecule has 6 rings (SSSR count). The summed E-state index contributed by atoms with van der Waals surface area (Å²) < 4.78 is 29.0. The molecule has 0 saturated carbocycles. The van der Waals surface area contributed by atoms with Gasteiger partial charge in [-0.25, -0.2) is 4.79 Å². The SMILES string of the molecule is COc1cc2ccc3c4c(c(OC)c(OC)c3c2cc1OC)C=C(c1cc(=O)oc2cc(C)c(C)cc12)N(C)CC4. The summed E-state index contributed by atoms with van der Waals surface area (Å²) in [4.78, 5) is 14.9. The molecule has 0 spiro atoms. The van der Waals surface area contributed by atoms with Crippen LogP contribution in [0, 0.1) is 13.8 Å². The largest absolute Gasteiger partial charge is 0.493 e. The minimum absolute atomic E-state index is 0.381. The summed E-state index contributed by atoms with van der Waals surface area (Å²) in [6.45, 7) is 4.82. The molecule has 7 nitrogen and oxygen atoms in total. The van der Waals surface area contributed by atoms with E-state index in [4.69, 9.17) is 23.4 Å². The number of hydrogen-bond donors (Lipinski definition) is 0. The van der Waals surface area contributed by atoms with Crippen LogP contribution >= 0.6 is 0 Å². The molecule has 0 amide bonds. The molecule has 0 radical (unpaired) electrons. The third kappa shape index (κ3) is 4.15. The molecule has 0 unspecified atom stereocenters. The van der Waals surface area contributed by atoms with Gasteiger partial charge in [-0.3, -0.25) is 0 Å². The summed E-state index contributed by atoms with van der Waals surface area (Å²) in [6, 6.07) is 13.8. The molecule has 0 N–H and O–H groups in total. The molecule has 5 aromatic rings. The highest BCUT2D eigenvalue weighted by Crippen LogP contribution is 2.49. The van der Waals surface area contributed by atoms with Gasteiger partial charge in [0, 0.05) is 47.3 Å². The Balaban J connectivity index is 1.71. The van der Waals surface area contributed by atoms with Crippen LogP contribution in [0.3, 0.4) is 0 Å². The zero-order chi connectivity index (χ0) is 29.0. The predicted octanol–water partition coefficient (Wildman–Crippen LogP) is 6.74. The maximum Gasteiger partial charge on any atom is 0.336 e. The molecule has 0 fully saturated rings. The monoisotopic (exact) mass is 551 g/mol. The first-order valence-corrected chi connectivity index (χ1v) is 13.5. The molecule has 1 aliphatic rings. The standard InChI is InChI=1S/C34H33NO6/c1-18-12-25-24(17-31(36)41-28(25)13-19(18)2)27-15-26-21(10-11-35(27)3)22-9-8-20-14-29(37-4)30(38-5)16-23(20)32(22)34(40-7)33(26)39-6/h8-9,12-17H,10-11H2,1-7H3. The topological polar surface area (TPSA) is 70.4 Å². The van der Waals surface area contributed by atoms with Gasteiger partial charge in [0.05, 0.1) is 28.4 Å². The van der Waals surface area contributed by atoms with Crippen LogP contribution in [0.4, 0.5) is 0 Å². The van der Waals surface area contributed by atoms with Crippen molar-refractivity contribution in [3.63, 3.8) is 0 Å². The number of fused-ring (bicyclic) bond motifs is 6. The lowest BCUT2D eigenvalue weighted by atomic mass is 9.91. The van der Waals surface area contributed by atoms with Crippen molar-refractivity contribution < 1.29 is 23.4 Å². The van der Waals surface area contributed by atoms with Crippen molar-refractivity contribution in [3.8, 4) is 23.0 Å². The molecule has 7 heteroatoms. The summed E-state index contributed by atoms with van der Waals surface area (Å²) in [5.41, 5.74) is 6.22. The molecule has 0 bridgehead atoms. The smallest absolute Gasteiger partial charge is 0.336 e. The van der Waals surface area contributed by atoms with Gasteiger partial charge < -0.3 is 28.3 Å². The Hall–Kier alpha value is -4.65. The molecule has 0 aliphatic carbocycles. The Kier molecular flexibility index (Phi) is 6.53. The Morgan fingerprint density at radius 1 is 0.780 bits per heavy atom. The normalized spacial score (nSPS) is 13.2. The number of ether oxygens (including phenoxy) is 4. The van der Waals surface area contributed by atoms with Crippen molar-refractivity contribution >= 4 is 44.3 Å². The van der Waals surface area contributed by atoms with Gasteiger partial charge in [-0.05, 0) is 83.5 Å². The molecule has 2 heterocycles. The van der Waals surface area contributed by atoms with E-state index in [1.165, 1.54) is 0 Å². The van der Waals surface area contributed by atoms with E-state index in [0.717, 1.165) is 73.4 Å². The van der Waals surface area contributed by atoms with Gasteiger partial charge in [0.1, 0.15) is 5.58 Å². The summed E-state index contributed by atoms with van der Waals surface area (Å²) in [7, 11) is 8.66. The van der Waals surface area contributed by atoms with Gasteiger partial charge in [0.2, 0.25) is 0 Å². The Morgan fingerprint density at radius 3 is 2.20 bits per heavy atom. The summed E-state index contributed by atoms with van der Waals surface area (Å²) >= 11 is 0. The highest BCUT2D eigenvalue weighted by Gasteiger charge is 2.26. The lowest BCUT2D eigenvalue weighted by molar-refractivity contribution is 0.355. The average molecular weight is 552 g/mol. The van der Waals surface area contributed by atoms with Gasteiger partial charge in [-0.15, -0.1) is 0 Å². The molecular formula is C34H33NO6. The van der Waals surface area contributed by atoms with Crippen LogP contribution < -0.4 is 24.6 Å². The van der Waals surface area contributed by atoms with E-state index < -0.39 is 0 Å². The quantitative estimate of drug-likeness (QED) is 0.177. The first-order chi connectivity index (χ1) is 19.8. The average Bonchev–Trinajstić information content (AvgIpc) is 3.14. The molecule has 41 heavy (non-hydrogen) atoms. The van der Waals surface area contributed by atoms with Gasteiger partial charge in [0.25, 0.3) is 0 Å². The third-order valence-electron chi connectivity index (χ3n) is 8.28. The zero-order valence-corrected chi connectivity index (χ0v) is 24.4. The number of likely N-dealkylation sites (N-methyl/N-ethyl adjacent to an activating group) is 1. The second kappa shape index (κ2) is 10.1. The van der Waals surface area contributed by atoms with Crippen LogP contribution in [0.1, 0.15) is 27.8 Å². The van der Waals surface area contributed by atoms with Crippen LogP contribution in [0.5, 0.6) is 23.0 Å². The predicted molar refractivity (Wildman–Crippen MR) is 164 cm³/mol. The minimum atomic E-state index is -0.381. The van der Waals surface area contributed by atoms with Crippen LogP contribution in [-0.2, 0) is 6.42 Å². The lowest BCUT2D eigenvalue weighted by Gasteiger charge is -2.22. The first-order valence-electron chi connectivity index (χ1n) is 13.5. The fourth-order valence-electron chi connectivity index (χ4n) is 6.04. The maximum atomic E-state index is 12.7. The number of rotatable bonds is 5. The van der Waals surface area contributed by atoms with Gasteiger partial charge in [-0.2, -0.15) is 0 Å². The minimum Gasteiger partial charge on any atom is -0.493 e. The highest BCUT2D eigenvalue weighted by atomic mass is 16.5. The highest BCUT2D eigenvalue weighted by molar-refractivity contribution is 6.15. The summed E-state index contributed by atoms with van der Waals surface area (Å²) in [5.74, 6) is 2.59. The molecule has 210 valence electrons. The third-order valence-corrected chi connectivity index (χ3v) is 8.28. The Bertz CT molecular complexity index is 1950. The van der Waals surface area contributed by atoms with E-state index in [0.29, 0.717) is 28.6 Å². The number of benzene rings is 4. The van der Waals surface area contributed by atoms with E-state index in [1.54, 1.807) is 34.5 Å². The van der Waals surface area contributed by atoms with E-state index in [9.17, 15) is 4.79 Å². The van der Waals surface area contributed by atoms with E-state index in [2.05, 4.69) is 43.1 Å². The van der Waals surface area contributed by atoms with Crippen LogP contribution in [0.25, 0.3) is 44.3 Å². The van der Waals surface area contributed by atoms with Crippen molar-refractivity contribution in [2.75, 3.05) is 42.0 Å². The molecule has 0 atom stereocenters. The Labute approximate surface area is 238 Å². The summed E-state index contributed by atoms with van der Waals surface area (Å²) in [6.07, 6.45) is 2.88. The number of nitrogens with zero attached hydrogens (tertiary/aromatic N) is 1. The maximum absolute atomic E-state index is 12.7. The van der Waals surface area contributed by atoms with Crippen LogP contribution in [0.15, 0.2) is 51.7 Å². The van der Waals surface area contributed by atoms with Gasteiger partial charge in [0.15, 0.2) is 23.0 Å². The molecule has 4 aromatic carbocycles. The molecule has 1 aromatic heterocycles. The molecule has 0 saturated heterocycles. The van der Waals surface area contributed by atoms with Crippen LogP contribution in [-0.4, -0.2) is 46.9 Å². The fraction of sp³-hybridized carbons (Fsp3) is 0.265. The van der Waals surface area contributed by atoms with E-state index >= 15 is 0 Å². The van der Waals surface area contributed by atoms with Crippen molar-refractivity contribution in [2.24, 2.45) is 0 Å². The van der Waals surface area contributed by atoms with Gasteiger partial charge in [-0.1, -0.05) is 12.1 Å². The second-order valence-electron chi connectivity index (χ2n) is 10.5. The second-order valence-corrected chi connectivity index (χ2v) is 10.5. The van der Waals surface area contributed by atoms with Crippen LogP contribution in [0.2, 0.25) is 0 Å². The summed E-state index contributed by atoms with van der Waals surface area (Å²) in [5, 5.41) is 4.92.